The number of carbonyl (C=O) groups excluding carboxylic acids is 1. The molecule has 2 bridgehead atoms. The van der Waals surface area contributed by atoms with E-state index < -0.39 is 0 Å². The maximum absolute atomic E-state index is 12.8. The third-order valence-corrected chi connectivity index (χ3v) is 6.82. The topological polar surface area (TPSA) is 52.6 Å². The molecule has 23 heavy (non-hydrogen) atoms. The van der Waals surface area contributed by atoms with Gasteiger partial charge in [0.2, 0.25) is 5.91 Å². The summed E-state index contributed by atoms with van der Waals surface area (Å²) < 4.78 is 0. The first-order valence-electron chi connectivity index (χ1n) is 9.25. The summed E-state index contributed by atoms with van der Waals surface area (Å²) >= 11 is 0. The molecule has 3 fully saturated rings. The first kappa shape index (κ1) is 17.0. The van der Waals surface area contributed by atoms with Crippen molar-refractivity contribution in [2.75, 3.05) is 26.2 Å². The van der Waals surface area contributed by atoms with E-state index in [4.69, 9.17) is 0 Å². The van der Waals surface area contributed by atoms with Gasteiger partial charge in [-0.05, 0) is 56.4 Å². The molecule has 0 spiro atoms. The van der Waals surface area contributed by atoms with Crippen LogP contribution in [-0.2, 0) is 4.79 Å². The Morgan fingerprint density at radius 2 is 2.04 bits per heavy atom. The number of rotatable bonds is 5. The highest BCUT2D eigenvalue weighted by molar-refractivity contribution is 5.87. The lowest BCUT2D eigenvalue weighted by molar-refractivity contribution is -0.128. The third-order valence-electron chi connectivity index (χ3n) is 6.82. The van der Waals surface area contributed by atoms with Gasteiger partial charge in [-0.15, -0.1) is 0 Å². The van der Waals surface area contributed by atoms with Crippen LogP contribution < -0.4 is 5.32 Å². The summed E-state index contributed by atoms with van der Waals surface area (Å²) in [6.45, 7) is 12.5. The first-order valence-corrected chi connectivity index (χ1v) is 9.25. The van der Waals surface area contributed by atoms with E-state index >= 15 is 0 Å². The quantitative estimate of drug-likeness (QED) is 0.604. The molecule has 4 heteroatoms. The number of nitrogens with one attached hydrogen (secondary N) is 1. The maximum Gasteiger partial charge on any atom is 0.230 e. The van der Waals surface area contributed by atoms with Crippen LogP contribution in [0.1, 0.15) is 52.4 Å². The van der Waals surface area contributed by atoms with Gasteiger partial charge in [-0.1, -0.05) is 26.0 Å². The van der Waals surface area contributed by atoms with Gasteiger partial charge in [-0.3, -0.25) is 4.79 Å². The normalized spacial score (nSPS) is 34.0. The summed E-state index contributed by atoms with van der Waals surface area (Å²) in [5.41, 5.74) is 0.983. The largest absolute Gasteiger partial charge is 0.393 e. The molecule has 4 nitrogen and oxygen atoms in total. The highest BCUT2D eigenvalue weighted by atomic mass is 16.3. The smallest absolute Gasteiger partial charge is 0.230 e. The first-order chi connectivity index (χ1) is 10.9. The molecule has 2 saturated carbocycles. The number of piperidine rings is 1. The van der Waals surface area contributed by atoms with Crippen LogP contribution in [0.4, 0.5) is 0 Å². The summed E-state index contributed by atoms with van der Waals surface area (Å²) in [5, 5.41) is 12.7. The van der Waals surface area contributed by atoms with Crippen molar-refractivity contribution in [3.63, 3.8) is 0 Å². The predicted octanol–water partition coefficient (Wildman–Crippen LogP) is 2.33. The van der Waals surface area contributed by atoms with E-state index in [-0.39, 0.29) is 22.8 Å². The van der Waals surface area contributed by atoms with E-state index in [1.165, 1.54) is 0 Å². The number of nitrogens with zero attached hydrogens (tertiary/aromatic N) is 1. The molecule has 1 aliphatic heterocycles. The molecule has 0 unspecified atom stereocenters. The predicted molar refractivity (Wildman–Crippen MR) is 92.0 cm³/mol. The minimum absolute atomic E-state index is 0.114. The van der Waals surface area contributed by atoms with E-state index in [1.54, 1.807) is 0 Å². The molecule has 1 saturated heterocycles. The third kappa shape index (κ3) is 2.96. The Hall–Kier alpha value is -0.870. The van der Waals surface area contributed by atoms with Gasteiger partial charge >= 0.3 is 0 Å². The zero-order valence-electron chi connectivity index (χ0n) is 14.7. The van der Waals surface area contributed by atoms with Gasteiger partial charge in [0.15, 0.2) is 0 Å². The number of amides is 1. The summed E-state index contributed by atoms with van der Waals surface area (Å²) in [5.74, 6) is 0.838. The number of aliphatic hydroxyl groups is 1. The fraction of sp³-hybridized carbons (Fsp3) is 0.842. The lowest BCUT2D eigenvalue weighted by Crippen LogP contribution is -2.43. The van der Waals surface area contributed by atoms with Crippen molar-refractivity contribution in [3.05, 3.63) is 12.2 Å². The molecular weight excluding hydrogens is 288 g/mol. The molecule has 0 radical (unpaired) electrons. The minimum Gasteiger partial charge on any atom is -0.393 e. The van der Waals surface area contributed by atoms with E-state index in [2.05, 4.69) is 30.6 Å². The SMILES string of the molecule is C=C1C(C)(C)[C@H]2CC[C@]1(C(=O)NCCCN1CCC(O)CC1)C2. The fourth-order valence-electron chi connectivity index (χ4n) is 4.96. The average molecular weight is 320 g/mol. The van der Waals surface area contributed by atoms with Gasteiger partial charge in [-0.2, -0.15) is 0 Å². The van der Waals surface area contributed by atoms with Crippen molar-refractivity contribution in [3.8, 4) is 0 Å². The number of aliphatic hydroxyl groups excluding tert-OH is 1. The Kier molecular flexibility index (Phi) is 4.58. The molecular formula is C19H32N2O2. The molecule has 0 aromatic heterocycles. The lowest BCUT2D eigenvalue weighted by Gasteiger charge is -2.37. The van der Waals surface area contributed by atoms with Crippen molar-refractivity contribution in [1.82, 2.24) is 10.2 Å². The minimum atomic E-state index is -0.288. The van der Waals surface area contributed by atoms with Crippen molar-refractivity contribution in [2.24, 2.45) is 16.7 Å². The molecule has 1 heterocycles. The van der Waals surface area contributed by atoms with Crippen LogP contribution in [0.25, 0.3) is 0 Å². The van der Waals surface area contributed by atoms with Crippen LogP contribution in [0.5, 0.6) is 0 Å². The number of likely N-dealkylation sites (tertiary alicyclic amines) is 1. The second-order valence-corrected chi connectivity index (χ2v) is 8.40. The Bertz CT molecular complexity index is 480. The van der Waals surface area contributed by atoms with Gasteiger partial charge in [0.25, 0.3) is 0 Å². The standard InChI is InChI=1S/C19H32N2O2/c1-14-18(2,3)15-5-8-19(14,13-15)17(23)20-9-4-10-21-11-6-16(22)7-12-21/h15-16,22H,1,4-13H2,2-3H3,(H,20,23)/t15-,19-/m0/s1. The van der Waals surface area contributed by atoms with Crippen LogP contribution in [0.15, 0.2) is 12.2 Å². The molecule has 2 N–H and O–H groups in total. The van der Waals surface area contributed by atoms with E-state index in [0.29, 0.717) is 5.92 Å². The molecule has 1 amide bonds. The number of fused-ring (bicyclic) bond motifs is 2. The maximum atomic E-state index is 12.8. The number of hydrogen-bond donors (Lipinski definition) is 2. The van der Waals surface area contributed by atoms with E-state index in [1.807, 2.05) is 0 Å². The van der Waals surface area contributed by atoms with Crippen molar-refractivity contribution in [1.29, 1.82) is 0 Å². The Labute approximate surface area is 140 Å². The van der Waals surface area contributed by atoms with Gasteiger partial charge < -0.3 is 15.3 Å². The summed E-state index contributed by atoms with van der Waals surface area (Å²) in [6.07, 6.45) is 5.77. The molecule has 2 atom stereocenters. The highest BCUT2D eigenvalue weighted by Crippen LogP contribution is 2.65. The molecule has 0 aromatic carbocycles. The lowest BCUT2D eigenvalue weighted by atomic mass is 9.68. The van der Waals surface area contributed by atoms with Gasteiger partial charge in [0.05, 0.1) is 11.5 Å². The highest BCUT2D eigenvalue weighted by Gasteiger charge is 2.60. The van der Waals surface area contributed by atoms with E-state index in [0.717, 1.165) is 70.3 Å². The summed E-state index contributed by atoms with van der Waals surface area (Å²) in [7, 11) is 0. The van der Waals surface area contributed by atoms with Gasteiger partial charge in [-0.25, -0.2) is 0 Å². The molecule has 0 aromatic rings. The zero-order valence-corrected chi connectivity index (χ0v) is 14.7. The second kappa shape index (κ2) is 6.21. The van der Waals surface area contributed by atoms with Crippen LogP contribution >= 0.6 is 0 Å². The van der Waals surface area contributed by atoms with Crippen molar-refractivity contribution < 1.29 is 9.90 Å². The summed E-state index contributed by atoms with van der Waals surface area (Å²) in [6, 6.07) is 0. The molecule has 3 rings (SSSR count). The Morgan fingerprint density at radius 3 is 2.65 bits per heavy atom. The molecule has 2 aliphatic carbocycles. The van der Waals surface area contributed by atoms with Crippen LogP contribution in [0.3, 0.4) is 0 Å². The van der Waals surface area contributed by atoms with Gasteiger partial charge in [0, 0.05) is 19.6 Å². The van der Waals surface area contributed by atoms with Crippen molar-refractivity contribution in [2.45, 2.75) is 58.5 Å². The van der Waals surface area contributed by atoms with Crippen LogP contribution in [0.2, 0.25) is 0 Å². The van der Waals surface area contributed by atoms with Crippen LogP contribution in [0, 0.1) is 16.7 Å². The van der Waals surface area contributed by atoms with Crippen molar-refractivity contribution >= 4 is 5.91 Å². The Morgan fingerprint density at radius 1 is 1.35 bits per heavy atom. The monoisotopic (exact) mass is 320 g/mol. The van der Waals surface area contributed by atoms with Crippen LogP contribution in [-0.4, -0.2) is 48.2 Å². The number of hydrogen-bond acceptors (Lipinski definition) is 3. The summed E-state index contributed by atoms with van der Waals surface area (Å²) in [4.78, 5) is 15.2. The second-order valence-electron chi connectivity index (χ2n) is 8.40. The zero-order chi connectivity index (χ0) is 16.7. The Balaban J connectivity index is 1.44. The van der Waals surface area contributed by atoms with Gasteiger partial charge in [0.1, 0.15) is 0 Å². The molecule has 130 valence electrons. The van der Waals surface area contributed by atoms with E-state index in [9.17, 15) is 9.90 Å². The average Bonchev–Trinajstić information content (AvgIpc) is 3.05. The molecule has 3 aliphatic rings. The number of carbonyl (C=O) groups is 1. The fourth-order valence-corrected chi connectivity index (χ4v) is 4.96.